The van der Waals surface area contributed by atoms with Crippen LogP contribution >= 0.6 is 15.9 Å². The first kappa shape index (κ1) is 12.2. The third-order valence-corrected chi connectivity index (χ3v) is 4.54. The van der Waals surface area contributed by atoms with Gasteiger partial charge in [-0.2, -0.15) is 0 Å². The lowest BCUT2D eigenvalue weighted by atomic mass is 9.94. The summed E-state index contributed by atoms with van der Waals surface area (Å²) in [7, 11) is 2.08. The summed E-state index contributed by atoms with van der Waals surface area (Å²) in [5.41, 5.74) is 8.63. The van der Waals surface area contributed by atoms with Crippen molar-refractivity contribution in [1.29, 1.82) is 0 Å². The summed E-state index contributed by atoms with van der Waals surface area (Å²) in [5, 5.41) is 0. The fourth-order valence-electron chi connectivity index (χ4n) is 2.95. The lowest BCUT2D eigenvalue weighted by Gasteiger charge is -2.22. The van der Waals surface area contributed by atoms with Gasteiger partial charge in [-0.25, -0.2) is 4.98 Å². The monoisotopic (exact) mass is 307 g/mol. The molecule has 0 bridgehead atoms. The third kappa shape index (κ3) is 2.08. The molecule has 0 atom stereocenters. The Morgan fingerprint density at radius 2 is 2.11 bits per heavy atom. The highest BCUT2D eigenvalue weighted by molar-refractivity contribution is 9.10. The van der Waals surface area contributed by atoms with Crippen LogP contribution in [0.3, 0.4) is 0 Å². The highest BCUT2D eigenvalue weighted by Crippen LogP contribution is 2.31. The van der Waals surface area contributed by atoms with Crippen molar-refractivity contribution in [3.8, 4) is 0 Å². The molecule has 0 spiro atoms. The minimum Gasteiger partial charge on any atom is -0.331 e. The quantitative estimate of drug-likeness (QED) is 0.926. The summed E-state index contributed by atoms with van der Waals surface area (Å²) < 4.78 is 3.25. The number of nitrogens with two attached hydrogens (primary N) is 1. The molecule has 2 N–H and O–H groups in total. The van der Waals surface area contributed by atoms with Gasteiger partial charge >= 0.3 is 0 Å². The molecule has 0 unspecified atom stereocenters. The summed E-state index contributed by atoms with van der Waals surface area (Å²) in [6.45, 7) is 0. The molecule has 1 heterocycles. The van der Waals surface area contributed by atoms with Gasteiger partial charge in [-0.1, -0.05) is 28.8 Å². The van der Waals surface area contributed by atoms with Crippen molar-refractivity contribution in [2.75, 3.05) is 0 Å². The fraction of sp³-hybridized carbons (Fsp3) is 0.500. The van der Waals surface area contributed by atoms with Crippen LogP contribution in [0.25, 0.3) is 11.0 Å². The molecule has 1 saturated carbocycles. The first-order valence-corrected chi connectivity index (χ1v) is 7.26. The van der Waals surface area contributed by atoms with Gasteiger partial charge < -0.3 is 10.3 Å². The van der Waals surface area contributed by atoms with Crippen LogP contribution in [0, 0.1) is 0 Å². The fourth-order valence-corrected chi connectivity index (χ4v) is 3.30. The molecular formula is C14H18BrN3. The number of hydrogen-bond acceptors (Lipinski definition) is 2. The Labute approximate surface area is 116 Å². The second kappa shape index (κ2) is 4.35. The molecule has 2 aromatic rings. The van der Waals surface area contributed by atoms with Gasteiger partial charge in [0.15, 0.2) is 0 Å². The Kier molecular flexibility index (Phi) is 2.94. The molecule has 3 nitrogen and oxygen atoms in total. The number of fused-ring (bicyclic) bond motifs is 1. The standard InChI is InChI=1S/C14H18BrN3/c1-18-12-5-4-10(15)8-11(12)17-13(18)9-14(16)6-2-3-7-14/h4-5,8H,2-3,6-7,9,16H2,1H3. The molecule has 0 aliphatic heterocycles. The first-order chi connectivity index (χ1) is 8.57. The highest BCUT2D eigenvalue weighted by atomic mass is 79.9. The third-order valence-electron chi connectivity index (χ3n) is 4.05. The van der Waals surface area contributed by atoms with Gasteiger partial charge in [-0.05, 0) is 31.0 Å². The van der Waals surface area contributed by atoms with Crippen molar-refractivity contribution in [2.24, 2.45) is 12.8 Å². The van der Waals surface area contributed by atoms with E-state index in [-0.39, 0.29) is 5.54 Å². The van der Waals surface area contributed by atoms with Crippen molar-refractivity contribution in [3.05, 3.63) is 28.5 Å². The van der Waals surface area contributed by atoms with Gasteiger partial charge in [0.1, 0.15) is 5.82 Å². The molecule has 1 aromatic heterocycles. The maximum atomic E-state index is 6.45. The van der Waals surface area contributed by atoms with Crippen LogP contribution in [0.15, 0.2) is 22.7 Å². The maximum absolute atomic E-state index is 6.45. The zero-order chi connectivity index (χ0) is 12.8. The molecule has 0 radical (unpaired) electrons. The molecule has 1 aliphatic rings. The minimum atomic E-state index is -0.0353. The molecule has 96 valence electrons. The van der Waals surface area contributed by atoms with E-state index in [1.807, 2.05) is 0 Å². The molecule has 1 fully saturated rings. The predicted octanol–water partition coefficient (Wildman–Crippen LogP) is 3.15. The Balaban J connectivity index is 1.99. The van der Waals surface area contributed by atoms with Crippen molar-refractivity contribution < 1.29 is 0 Å². The van der Waals surface area contributed by atoms with Crippen molar-refractivity contribution in [3.63, 3.8) is 0 Å². The van der Waals surface area contributed by atoms with Crippen molar-refractivity contribution in [1.82, 2.24) is 9.55 Å². The molecule has 0 amide bonds. The second-order valence-electron chi connectivity index (χ2n) is 5.47. The Hall–Kier alpha value is -0.870. The molecule has 3 rings (SSSR count). The summed E-state index contributed by atoms with van der Waals surface area (Å²) in [6.07, 6.45) is 5.65. The summed E-state index contributed by atoms with van der Waals surface area (Å²) in [5.74, 6) is 1.10. The van der Waals surface area contributed by atoms with Gasteiger partial charge in [0, 0.05) is 23.5 Å². The van der Waals surface area contributed by atoms with E-state index in [2.05, 4.69) is 45.7 Å². The maximum Gasteiger partial charge on any atom is 0.111 e. The number of aromatic nitrogens is 2. The lowest BCUT2D eigenvalue weighted by molar-refractivity contribution is 0.422. The van der Waals surface area contributed by atoms with Gasteiger partial charge in [-0.15, -0.1) is 0 Å². The highest BCUT2D eigenvalue weighted by Gasteiger charge is 2.31. The minimum absolute atomic E-state index is 0.0353. The summed E-state index contributed by atoms with van der Waals surface area (Å²) in [6, 6.07) is 6.23. The number of hydrogen-bond donors (Lipinski definition) is 1. The van der Waals surface area contributed by atoms with Crippen LogP contribution in [0.2, 0.25) is 0 Å². The first-order valence-electron chi connectivity index (χ1n) is 6.47. The molecule has 1 aliphatic carbocycles. The van der Waals surface area contributed by atoms with E-state index in [4.69, 9.17) is 10.7 Å². The van der Waals surface area contributed by atoms with Gasteiger partial charge in [0.2, 0.25) is 0 Å². The zero-order valence-electron chi connectivity index (χ0n) is 10.6. The average Bonchev–Trinajstić information content (AvgIpc) is 2.85. The Morgan fingerprint density at radius 3 is 2.83 bits per heavy atom. The average molecular weight is 308 g/mol. The number of imidazole rings is 1. The van der Waals surface area contributed by atoms with Crippen LogP contribution < -0.4 is 5.73 Å². The SMILES string of the molecule is Cn1c(CC2(N)CCCC2)nc2cc(Br)ccc21. The van der Waals surface area contributed by atoms with Crippen LogP contribution in [0.5, 0.6) is 0 Å². The number of halogens is 1. The second-order valence-corrected chi connectivity index (χ2v) is 6.38. The molecule has 1 aromatic carbocycles. The number of nitrogens with zero attached hydrogens (tertiary/aromatic N) is 2. The van der Waals surface area contributed by atoms with E-state index in [1.54, 1.807) is 0 Å². The Bertz CT molecular complexity index is 582. The lowest BCUT2D eigenvalue weighted by Crippen LogP contribution is -2.39. The van der Waals surface area contributed by atoms with E-state index in [0.717, 1.165) is 35.1 Å². The van der Waals surface area contributed by atoms with Gasteiger partial charge in [0.05, 0.1) is 11.0 Å². The molecule has 18 heavy (non-hydrogen) atoms. The summed E-state index contributed by atoms with van der Waals surface area (Å²) in [4.78, 5) is 4.73. The van der Waals surface area contributed by atoms with E-state index < -0.39 is 0 Å². The smallest absolute Gasteiger partial charge is 0.111 e. The van der Waals surface area contributed by atoms with Gasteiger partial charge in [-0.3, -0.25) is 0 Å². The number of aryl methyl sites for hydroxylation is 1. The van der Waals surface area contributed by atoms with E-state index in [1.165, 1.54) is 18.4 Å². The zero-order valence-corrected chi connectivity index (χ0v) is 12.2. The number of rotatable bonds is 2. The van der Waals surface area contributed by atoms with Crippen molar-refractivity contribution >= 4 is 27.0 Å². The number of benzene rings is 1. The summed E-state index contributed by atoms with van der Waals surface area (Å²) >= 11 is 3.49. The van der Waals surface area contributed by atoms with Crippen LogP contribution in [0.4, 0.5) is 0 Å². The van der Waals surface area contributed by atoms with E-state index in [9.17, 15) is 0 Å². The predicted molar refractivity (Wildman–Crippen MR) is 77.5 cm³/mol. The van der Waals surface area contributed by atoms with E-state index >= 15 is 0 Å². The van der Waals surface area contributed by atoms with Crippen LogP contribution in [0.1, 0.15) is 31.5 Å². The van der Waals surface area contributed by atoms with E-state index in [0.29, 0.717) is 0 Å². The molecular weight excluding hydrogens is 290 g/mol. The van der Waals surface area contributed by atoms with Crippen LogP contribution in [-0.4, -0.2) is 15.1 Å². The van der Waals surface area contributed by atoms with Gasteiger partial charge in [0.25, 0.3) is 0 Å². The normalized spacial score (nSPS) is 18.6. The topological polar surface area (TPSA) is 43.8 Å². The molecule has 4 heteroatoms. The molecule has 0 saturated heterocycles. The van der Waals surface area contributed by atoms with Crippen molar-refractivity contribution in [2.45, 2.75) is 37.6 Å². The van der Waals surface area contributed by atoms with Crippen LogP contribution in [-0.2, 0) is 13.5 Å². The largest absolute Gasteiger partial charge is 0.331 e. The Morgan fingerprint density at radius 1 is 1.39 bits per heavy atom.